The molecule has 0 radical (unpaired) electrons. The van der Waals surface area contributed by atoms with Crippen molar-refractivity contribution in [2.45, 2.75) is 23.4 Å². The van der Waals surface area contributed by atoms with Crippen molar-refractivity contribution in [1.29, 1.82) is 0 Å². The number of hydrogen-bond acceptors (Lipinski definition) is 3. The zero-order chi connectivity index (χ0) is 13.1. The van der Waals surface area contributed by atoms with E-state index in [2.05, 4.69) is 10.4 Å². The number of rotatable bonds is 4. The summed E-state index contributed by atoms with van der Waals surface area (Å²) in [5.74, 6) is -0.203. The summed E-state index contributed by atoms with van der Waals surface area (Å²) in [5, 5.41) is 8.41. The average Bonchev–Trinajstić information content (AvgIpc) is 2.62. The maximum absolute atomic E-state index is 13.2. The standard InChI is InChI=1S/C13H16FN3S/c1-9-6-13(17(3)16-9)18-12-5-4-11(14)7-10(12)8-15-2/h4-7,15H,8H2,1-3H3. The molecule has 1 N–H and O–H groups in total. The van der Waals surface area contributed by atoms with Gasteiger partial charge in [-0.05, 0) is 43.8 Å². The largest absolute Gasteiger partial charge is 0.316 e. The van der Waals surface area contributed by atoms with Crippen LogP contribution in [0.15, 0.2) is 34.2 Å². The molecular formula is C13H16FN3S. The van der Waals surface area contributed by atoms with E-state index in [-0.39, 0.29) is 5.82 Å². The first kappa shape index (κ1) is 13.1. The molecule has 1 aromatic heterocycles. The van der Waals surface area contributed by atoms with Gasteiger partial charge in [0.15, 0.2) is 0 Å². The molecule has 0 aliphatic rings. The zero-order valence-corrected chi connectivity index (χ0v) is 11.5. The zero-order valence-electron chi connectivity index (χ0n) is 10.7. The molecule has 2 aromatic rings. The highest BCUT2D eigenvalue weighted by molar-refractivity contribution is 7.99. The van der Waals surface area contributed by atoms with E-state index in [4.69, 9.17) is 0 Å². The minimum Gasteiger partial charge on any atom is -0.316 e. The second-order valence-corrected chi connectivity index (χ2v) is 5.19. The van der Waals surface area contributed by atoms with Gasteiger partial charge in [0.05, 0.1) is 10.7 Å². The van der Waals surface area contributed by atoms with Crippen molar-refractivity contribution in [3.05, 3.63) is 41.3 Å². The summed E-state index contributed by atoms with van der Waals surface area (Å²) in [4.78, 5) is 1.05. The minimum atomic E-state index is -0.203. The summed E-state index contributed by atoms with van der Waals surface area (Å²) in [6, 6.07) is 6.90. The Hall–Kier alpha value is -1.33. The van der Waals surface area contributed by atoms with Crippen LogP contribution in [0.4, 0.5) is 4.39 Å². The molecule has 0 amide bonds. The first-order valence-electron chi connectivity index (χ1n) is 5.71. The molecule has 18 heavy (non-hydrogen) atoms. The number of aromatic nitrogens is 2. The van der Waals surface area contributed by atoms with Crippen molar-refractivity contribution in [3.8, 4) is 0 Å². The molecule has 0 aliphatic carbocycles. The number of halogens is 1. The van der Waals surface area contributed by atoms with Crippen LogP contribution < -0.4 is 5.32 Å². The molecule has 1 heterocycles. The van der Waals surface area contributed by atoms with Crippen LogP contribution in [0.3, 0.4) is 0 Å². The van der Waals surface area contributed by atoms with Crippen molar-refractivity contribution in [2.75, 3.05) is 7.05 Å². The first-order chi connectivity index (χ1) is 8.60. The van der Waals surface area contributed by atoms with Crippen LogP contribution in [0.1, 0.15) is 11.3 Å². The second-order valence-electron chi connectivity index (χ2n) is 4.13. The lowest BCUT2D eigenvalue weighted by Crippen LogP contribution is -2.06. The molecule has 3 nitrogen and oxygen atoms in total. The molecule has 0 fully saturated rings. The highest BCUT2D eigenvalue weighted by atomic mass is 32.2. The lowest BCUT2D eigenvalue weighted by atomic mass is 10.2. The van der Waals surface area contributed by atoms with Crippen molar-refractivity contribution in [1.82, 2.24) is 15.1 Å². The topological polar surface area (TPSA) is 29.9 Å². The van der Waals surface area contributed by atoms with Gasteiger partial charge < -0.3 is 5.32 Å². The van der Waals surface area contributed by atoms with Crippen LogP contribution in [0.25, 0.3) is 0 Å². The molecular weight excluding hydrogens is 249 g/mol. The molecule has 0 aliphatic heterocycles. The third-order valence-corrected chi connectivity index (χ3v) is 3.77. The van der Waals surface area contributed by atoms with Crippen molar-refractivity contribution >= 4 is 11.8 Å². The molecule has 0 bridgehead atoms. The summed E-state index contributed by atoms with van der Waals surface area (Å²) >= 11 is 1.60. The van der Waals surface area contributed by atoms with Gasteiger partial charge in [0.2, 0.25) is 0 Å². The van der Waals surface area contributed by atoms with Crippen molar-refractivity contribution in [2.24, 2.45) is 7.05 Å². The third kappa shape index (κ3) is 2.91. The quantitative estimate of drug-likeness (QED) is 0.922. The van der Waals surface area contributed by atoms with E-state index in [1.807, 2.05) is 37.8 Å². The van der Waals surface area contributed by atoms with E-state index in [1.54, 1.807) is 17.8 Å². The predicted octanol–water partition coefficient (Wildman–Crippen LogP) is 2.74. The van der Waals surface area contributed by atoms with Crippen molar-refractivity contribution in [3.63, 3.8) is 0 Å². The average molecular weight is 265 g/mol. The van der Waals surface area contributed by atoms with Gasteiger partial charge in [-0.3, -0.25) is 4.68 Å². The Kier molecular flexibility index (Phi) is 4.04. The minimum absolute atomic E-state index is 0.203. The predicted molar refractivity (Wildman–Crippen MR) is 71.2 cm³/mol. The van der Waals surface area contributed by atoms with Gasteiger partial charge in [-0.1, -0.05) is 11.8 Å². The lowest BCUT2D eigenvalue weighted by Gasteiger charge is -2.09. The van der Waals surface area contributed by atoms with Gasteiger partial charge >= 0.3 is 0 Å². The summed E-state index contributed by atoms with van der Waals surface area (Å²) in [6.07, 6.45) is 0. The first-order valence-corrected chi connectivity index (χ1v) is 6.53. The van der Waals surface area contributed by atoms with Gasteiger partial charge in [-0.2, -0.15) is 5.10 Å². The lowest BCUT2D eigenvalue weighted by molar-refractivity contribution is 0.621. The molecule has 0 saturated heterocycles. The van der Waals surface area contributed by atoms with Gasteiger partial charge in [-0.15, -0.1) is 0 Å². The second kappa shape index (κ2) is 5.54. The summed E-state index contributed by atoms with van der Waals surface area (Å²) in [5.41, 5.74) is 1.94. The van der Waals surface area contributed by atoms with Crippen LogP contribution in [-0.4, -0.2) is 16.8 Å². The molecule has 2 rings (SSSR count). The number of nitrogens with one attached hydrogen (secondary N) is 1. The van der Waals surface area contributed by atoms with Gasteiger partial charge in [-0.25, -0.2) is 4.39 Å². The van der Waals surface area contributed by atoms with E-state index < -0.39 is 0 Å². The summed E-state index contributed by atoms with van der Waals surface area (Å²) in [7, 11) is 3.77. The Morgan fingerprint density at radius 2 is 2.17 bits per heavy atom. The fraction of sp³-hybridized carbons (Fsp3) is 0.308. The fourth-order valence-corrected chi connectivity index (χ4v) is 2.80. The number of benzene rings is 1. The maximum Gasteiger partial charge on any atom is 0.123 e. The van der Waals surface area contributed by atoms with Gasteiger partial charge in [0.25, 0.3) is 0 Å². The number of nitrogens with zero attached hydrogens (tertiary/aromatic N) is 2. The number of hydrogen-bond donors (Lipinski definition) is 1. The monoisotopic (exact) mass is 265 g/mol. The Labute approximate surface area is 110 Å². The molecule has 5 heteroatoms. The van der Waals surface area contributed by atoms with Crippen LogP contribution in [0, 0.1) is 12.7 Å². The van der Waals surface area contributed by atoms with Crippen LogP contribution in [0.5, 0.6) is 0 Å². The summed E-state index contributed by atoms with van der Waals surface area (Å²) < 4.78 is 15.1. The Morgan fingerprint density at radius 3 is 2.78 bits per heavy atom. The van der Waals surface area contributed by atoms with E-state index in [9.17, 15) is 4.39 Å². The van der Waals surface area contributed by atoms with Crippen LogP contribution in [-0.2, 0) is 13.6 Å². The molecule has 1 aromatic carbocycles. The van der Waals surface area contributed by atoms with Crippen molar-refractivity contribution < 1.29 is 4.39 Å². The Balaban J connectivity index is 2.30. The Morgan fingerprint density at radius 1 is 1.39 bits per heavy atom. The SMILES string of the molecule is CNCc1cc(F)ccc1Sc1cc(C)nn1C. The number of aryl methyl sites for hydroxylation is 2. The van der Waals surface area contributed by atoms with Gasteiger partial charge in [0.1, 0.15) is 5.82 Å². The maximum atomic E-state index is 13.2. The molecule has 0 saturated carbocycles. The van der Waals surface area contributed by atoms with E-state index in [1.165, 1.54) is 6.07 Å². The molecule has 0 atom stereocenters. The molecule has 0 unspecified atom stereocenters. The van der Waals surface area contributed by atoms with Crippen LogP contribution in [0.2, 0.25) is 0 Å². The normalized spacial score (nSPS) is 10.9. The van der Waals surface area contributed by atoms with E-state index >= 15 is 0 Å². The third-order valence-electron chi connectivity index (χ3n) is 2.56. The highest BCUT2D eigenvalue weighted by Crippen LogP contribution is 2.31. The smallest absolute Gasteiger partial charge is 0.123 e. The fourth-order valence-electron chi connectivity index (χ4n) is 1.77. The highest BCUT2D eigenvalue weighted by Gasteiger charge is 2.09. The van der Waals surface area contributed by atoms with E-state index in [0.717, 1.165) is 21.2 Å². The molecule has 96 valence electrons. The Bertz CT molecular complexity index is 551. The van der Waals surface area contributed by atoms with Crippen LogP contribution >= 0.6 is 11.8 Å². The van der Waals surface area contributed by atoms with Gasteiger partial charge in [0, 0.05) is 18.5 Å². The van der Waals surface area contributed by atoms with E-state index in [0.29, 0.717) is 6.54 Å². The molecule has 0 spiro atoms. The summed E-state index contributed by atoms with van der Waals surface area (Å²) in [6.45, 7) is 2.61.